The second-order valence-electron chi connectivity index (χ2n) is 3.64. The van der Waals surface area contributed by atoms with Gasteiger partial charge in [0.2, 0.25) is 0 Å². The predicted octanol–water partition coefficient (Wildman–Crippen LogP) is 1.93. The third-order valence-electron chi connectivity index (χ3n) is 2.68. The number of aryl methyl sites for hydroxylation is 1. The Morgan fingerprint density at radius 2 is 2.14 bits per heavy atom. The predicted molar refractivity (Wildman–Crippen MR) is 60.2 cm³/mol. The van der Waals surface area contributed by atoms with Gasteiger partial charge in [0.1, 0.15) is 5.75 Å². The maximum atomic E-state index is 5.90. The van der Waals surface area contributed by atoms with E-state index in [1.54, 1.807) is 7.11 Å². The summed E-state index contributed by atoms with van der Waals surface area (Å²) < 4.78 is 5.17. The minimum absolute atomic E-state index is 0. The Kier molecular flexibility index (Phi) is 3.78. The second kappa shape index (κ2) is 4.67. The minimum Gasteiger partial charge on any atom is -0.497 e. The van der Waals surface area contributed by atoms with Crippen LogP contribution in [0.2, 0.25) is 0 Å². The second-order valence-corrected chi connectivity index (χ2v) is 3.64. The highest BCUT2D eigenvalue weighted by molar-refractivity contribution is 5.85. The highest BCUT2D eigenvalue weighted by atomic mass is 35.5. The molecular formula is C11H16ClNO. The third kappa shape index (κ3) is 2.20. The molecule has 2 rings (SSSR count). The minimum atomic E-state index is 0. The molecular weight excluding hydrogens is 198 g/mol. The molecule has 0 saturated heterocycles. The lowest BCUT2D eigenvalue weighted by atomic mass is 9.89. The Morgan fingerprint density at radius 1 is 1.36 bits per heavy atom. The summed E-state index contributed by atoms with van der Waals surface area (Å²) in [7, 11) is 1.70. The van der Waals surface area contributed by atoms with Crippen LogP contribution in [0.4, 0.5) is 0 Å². The normalized spacial score (nSPS) is 19.4. The van der Waals surface area contributed by atoms with Crippen LogP contribution in [-0.2, 0) is 12.8 Å². The number of hydrogen-bond acceptors (Lipinski definition) is 2. The maximum absolute atomic E-state index is 5.90. The zero-order valence-electron chi connectivity index (χ0n) is 8.32. The van der Waals surface area contributed by atoms with Crippen molar-refractivity contribution >= 4 is 12.4 Å². The van der Waals surface area contributed by atoms with E-state index in [-0.39, 0.29) is 12.4 Å². The first-order valence-electron chi connectivity index (χ1n) is 4.71. The highest BCUT2D eigenvalue weighted by Gasteiger charge is 2.15. The number of methoxy groups -OCH3 is 1. The van der Waals surface area contributed by atoms with Crippen LogP contribution >= 0.6 is 12.4 Å². The van der Waals surface area contributed by atoms with Crippen molar-refractivity contribution in [3.63, 3.8) is 0 Å². The molecule has 0 spiro atoms. The average molecular weight is 214 g/mol. The number of fused-ring (bicyclic) bond motifs is 1. The van der Waals surface area contributed by atoms with E-state index in [1.165, 1.54) is 11.1 Å². The van der Waals surface area contributed by atoms with Crippen molar-refractivity contribution in [2.75, 3.05) is 7.11 Å². The molecule has 1 aliphatic rings. The zero-order valence-corrected chi connectivity index (χ0v) is 9.14. The van der Waals surface area contributed by atoms with Gasteiger partial charge in [0.05, 0.1) is 7.11 Å². The van der Waals surface area contributed by atoms with Crippen molar-refractivity contribution in [2.24, 2.45) is 5.73 Å². The van der Waals surface area contributed by atoms with Gasteiger partial charge in [-0.15, -0.1) is 12.4 Å². The van der Waals surface area contributed by atoms with Gasteiger partial charge in [-0.2, -0.15) is 0 Å². The summed E-state index contributed by atoms with van der Waals surface area (Å²) in [5, 5.41) is 0. The number of benzene rings is 1. The van der Waals surface area contributed by atoms with E-state index in [1.807, 2.05) is 6.07 Å². The van der Waals surface area contributed by atoms with E-state index in [0.717, 1.165) is 25.0 Å². The molecule has 0 aliphatic heterocycles. The molecule has 0 heterocycles. The van der Waals surface area contributed by atoms with Crippen molar-refractivity contribution in [3.8, 4) is 5.75 Å². The monoisotopic (exact) mass is 213 g/mol. The SMILES string of the molecule is COc1ccc2c(c1)C[C@H](N)CC2.Cl. The van der Waals surface area contributed by atoms with Crippen LogP contribution in [0.5, 0.6) is 5.75 Å². The van der Waals surface area contributed by atoms with Gasteiger partial charge in [-0.3, -0.25) is 0 Å². The summed E-state index contributed by atoms with van der Waals surface area (Å²) in [6.07, 6.45) is 3.21. The average Bonchev–Trinajstić information content (AvgIpc) is 2.16. The Hall–Kier alpha value is -0.730. The summed E-state index contributed by atoms with van der Waals surface area (Å²) in [6, 6.07) is 6.61. The van der Waals surface area contributed by atoms with Gasteiger partial charge in [0, 0.05) is 6.04 Å². The fraction of sp³-hybridized carbons (Fsp3) is 0.455. The molecule has 0 unspecified atom stereocenters. The van der Waals surface area contributed by atoms with E-state index in [2.05, 4.69) is 12.1 Å². The molecule has 0 bridgehead atoms. The van der Waals surface area contributed by atoms with Crippen LogP contribution in [-0.4, -0.2) is 13.2 Å². The number of rotatable bonds is 1. The van der Waals surface area contributed by atoms with Gasteiger partial charge in [0.15, 0.2) is 0 Å². The van der Waals surface area contributed by atoms with Crippen molar-refractivity contribution in [1.82, 2.24) is 0 Å². The Balaban J connectivity index is 0.000000980. The lowest BCUT2D eigenvalue weighted by Crippen LogP contribution is -2.27. The van der Waals surface area contributed by atoms with Crippen molar-refractivity contribution in [3.05, 3.63) is 29.3 Å². The first-order chi connectivity index (χ1) is 6.29. The van der Waals surface area contributed by atoms with Gasteiger partial charge >= 0.3 is 0 Å². The summed E-state index contributed by atoms with van der Waals surface area (Å²) in [4.78, 5) is 0. The van der Waals surface area contributed by atoms with E-state index in [9.17, 15) is 0 Å². The fourth-order valence-electron chi connectivity index (χ4n) is 1.89. The smallest absolute Gasteiger partial charge is 0.119 e. The van der Waals surface area contributed by atoms with Gasteiger partial charge < -0.3 is 10.5 Å². The standard InChI is InChI=1S/C11H15NO.ClH/c1-13-11-5-3-8-2-4-10(12)6-9(8)7-11;/h3,5,7,10H,2,4,6,12H2,1H3;1H/t10-;/m1./s1. The summed E-state index contributed by atoms with van der Waals surface area (Å²) in [6.45, 7) is 0. The van der Waals surface area contributed by atoms with E-state index < -0.39 is 0 Å². The van der Waals surface area contributed by atoms with Gasteiger partial charge in [-0.25, -0.2) is 0 Å². The molecule has 1 atom stereocenters. The fourth-order valence-corrected chi connectivity index (χ4v) is 1.89. The molecule has 14 heavy (non-hydrogen) atoms. The number of hydrogen-bond donors (Lipinski definition) is 1. The molecule has 2 N–H and O–H groups in total. The molecule has 3 heteroatoms. The summed E-state index contributed by atoms with van der Waals surface area (Å²) in [5.41, 5.74) is 8.69. The third-order valence-corrected chi connectivity index (χ3v) is 2.68. The number of halogens is 1. The molecule has 0 saturated carbocycles. The van der Waals surface area contributed by atoms with Crippen LogP contribution in [0.15, 0.2) is 18.2 Å². The molecule has 0 aromatic heterocycles. The lowest BCUT2D eigenvalue weighted by molar-refractivity contribution is 0.413. The molecule has 1 aromatic rings. The first kappa shape index (κ1) is 11.3. The van der Waals surface area contributed by atoms with Gasteiger partial charge in [-0.1, -0.05) is 6.07 Å². The van der Waals surface area contributed by atoms with Crippen LogP contribution in [0, 0.1) is 0 Å². The molecule has 0 fully saturated rings. The number of nitrogens with two attached hydrogens (primary N) is 1. The molecule has 1 aliphatic carbocycles. The summed E-state index contributed by atoms with van der Waals surface area (Å²) in [5.74, 6) is 0.938. The Morgan fingerprint density at radius 3 is 2.86 bits per heavy atom. The first-order valence-corrected chi connectivity index (χ1v) is 4.71. The largest absolute Gasteiger partial charge is 0.497 e. The molecule has 2 nitrogen and oxygen atoms in total. The van der Waals surface area contributed by atoms with Crippen LogP contribution < -0.4 is 10.5 Å². The van der Waals surface area contributed by atoms with Crippen LogP contribution in [0.25, 0.3) is 0 Å². The zero-order chi connectivity index (χ0) is 9.26. The van der Waals surface area contributed by atoms with E-state index >= 15 is 0 Å². The highest BCUT2D eigenvalue weighted by Crippen LogP contribution is 2.24. The molecule has 78 valence electrons. The van der Waals surface area contributed by atoms with E-state index in [4.69, 9.17) is 10.5 Å². The van der Waals surface area contributed by atoms with Crippen molar-refractivity contribution in [2.45, 2.75) is 25.3 Å². The topological polar surface area (TPSA) is 35.2 Å². The van der Waals surface area contributed by atoms with Gasteiger partial charge in [0.25, 0.3) is 0 Å². The van der Waals surface area contributed by atoms with E-state index in [0.29, 0.717) is 6.04 Å². The molecule has 0 radical (unpaired) electrons. The molecule has 0 amide bonds. The Bertz CT molecular complexity index is 314. The Labute approximate surface area is 90.9 Å². The molecule has 1 aromatic carbocycles. The van der Waals surface area contributed by atoms with Crippen molar-refractivity contribution in [1.29, 1.82) is 0 Å². The van der Waals surface area contributed by atoms with Crippen LogP contribution in [0.1, 0.15) is 17.5 Å². The van der Waals surface area contributed by atoms with Crippen molar-refractivity contribution < 1.29 is 4.74 Å². The maximum Gasteiger partial charge on any atom is 0.119 e. The van der Waals surface area contributed by atoms with Gasteiger partial charge in [-0.05, 0) is 42.5 Å². The quantitative estimate of drug-likeness (QED) is 0.774. The van der Waals surface area contributed by atoms with Crippen LogP contribution in [0.3, 0.4) is 0 Å². The number of ether oxygens (including phenoxy) is 1. The lowest BCUT2D eigenvalue weighted by Gasteiger charge is -2.21. The summed E-state index contributed by atoms with van der Waals surface area (Å²) >= 11 is 0.